The largest absolute Gasteiger partial charge is 0.500 e. The van der Waals surface area contributed by atoms with Crippen molar-refractivity contribution in [1.29, 1.82) is 0 Å². The first-order chi connectivity index (χ1) is 25.7. The molecule has 0 bridgehead atoms. The fourth-order valence-electron chi connectivity index (χ4n) is 8.90. The van der Waals surface area contributed by atoms with E-state index >= 15 is 0 Å². The SMILES string of the molecule is CCCCCCC(CCCCCC)N1C(=O)c2ccc3c4ccc5c6c(ccc(c7ccc(c2c37)C1=O)c64)C(=O)N(CCC[Si](OC)(OC)OC)C5=O. The number of carbonyl (C=O) groups excluding carboxylic acids is 4. The Morgan fingerprint density at radius 2 is 0.906 bits per heavy atom. The van der Waals surface area contributed by atoms with Crippen molar-refractivity contribution in [3.05, 3.63) is 70.8 Å². The van der Waals surface area contributed by atoms with E-state index < -0.39 is 8.80 Å². The molecule has 9 nitrogen and oxygen atoms in total. The molecule has 0 saturated heterocycles. The Morgan fingerprint density at radius 1 is 0.509 bits per heavy atom. The highest BCUT2D eigenvalue weighted by Gasteiger charge is 2.41. The van der Waals surface area contributed by atoms with Gasteiger partial charge in [-0.2, -0.15) is 0 Å². The smallest absolute Gasteiger partial charge is 0.377 e. The summed E-state index contributed by atoms with van der Waals surface area (Å²) in [7, 11) is 1.77. The molecule has 10 heteroatoms. The van der Waals surface area contributed by atoms with E-state index in [1.807, 2.05) is 48.5 Å². The van der Waals surface area contributed by atoms with E-state index in [2.05, 4.69) is 13.8 Å². The molecule has 0 atom stereocenters. The van der Waals surface area contributed by atoms with Crippen LogP contribution in [0.4, 0.5) is 0 Å². The van der Waals surface area contributed by atoms with Gasteiger partial charge in [0.2, 0.25) is 0 Å². The molecule has 53 heavy (non-hydrogen) atoms. The number of carbonyl (C=O) groups is 4. The summed E-state index contributed by atoms with van der Waals surface area (Å²) < 4.78 is 16.6. The third-order valence-electron chi connectivity index (χ3n) is 11.7. The molecule has 0 aliphatic carbocycles. The van der Waals surface area contributed by atoms with E-state index in [-0.39, 0.29) is 36.2 Å². The molecule has 0 spiro atoms. The molecule has 5 aromatic rings. The lowest BCUT2D eigenvalue weighted by atomic mass is 9.82. The first-order valence-corrected chi connectivity index (χ1v) is 21.3. The average Bonchev–Trinajstić information content (AvgIpc) is 3.18. The maximum atomic E-state index is 14.4. The maximum absolute atomic E-state index is 14.4. The summed E-state index contributed by atoms with van der Waals surface area (Å²) in [5.74, 6) is -1.10. The highest BCUT2D eigenvalue weighted by Crippen LogP contribution is 2.46. The van der Waals surface area contributed by atoms with Gasteiger partial charge in [-0.25, -0.2) is 0 Å². The Morgan fingerprint density at radius 3 is 1.28 bits per heavy atom. The summed E-state index contributed by atoms with van der Waals surface area (Å²) in [6.45, 7) is 4.59. The molecular weight excluding hydrogens is 685 g/mol. The van der Waals surface area contributed by atoms with E-state index in [1.54, 1.807) is 26.2 Å². The molecule has 2 aliphatic rings. The van der Waals surface area contributed by atoms with Crippen LogP contribution in [0.2, 0.25) is 6.04 Å². The summed E-state index contributed by atoms with van der Waals surface area (Å²) in [4.78, 5) is 59.7. The molecule has 2 heterocycles. The third-order valence-corrected chi connectivity index (χ3v) is 14.5. The van der Waals surface area contributed by atoms with Crippen LogP contribution in [0.1, 0.15) is 126 Å². The van der Waals surface area contributed by atoms with Crippen molar-refractivity contribution in [2.75, 3.05) is 27.9 Å². The molecule has 0 radical (unpaired) electrons. The van der Waals surface area contributed by atoms with Gasteiger partial charge in [-0.1, -0.05) is 89.5 Å². The summed E-state index contributed by atoms with van der Waals surface area (Å²) >= 11 is 0. The van der Waals surface area contributed by atoms with Crippen molar-refractivity contribution < 1.29 is 32.5 Å². The minimum absolute atomic E-state index is 0.129. The van der Waals surface area contributed by atoms with E-state index in [4.69, 9.17) is 13.3 Å². The molecule has 5 aromatic carbocycles. The monoisotopic (exact) mass is 734 g/mol. The summed E-state index contributed by atoms with van der Waals surface area (Å²) in [6, 6.07) is 15.6. The maximum Gasteiger partial charge on any atom is 0.500 e. The Labute approximate surface area is 312 Å². The normalized spacial score (nSPS) is 14.8. The fraction of sp³-hybridized carbons (Fsp3) is 0.442. The Bertz CT molecular complexity index is 2090. The molecule has 278 valence electrons. The minimum atomic E-state index is -2.87. The topological polar surface area (TPSA) is 102 Å². The predicted molar refractivity (Wildman–Crippen MR) is 211 cm³/mol. The van der Waals surface area contributed by atoms with Gasteiger partial charge >= 0.3 is 8.80 Å². The number of rotatable bonds is 18. The summed E-state index contributed by atoms with van der Waals surface area (Å²) in [5.41, 5.74) is 2.08. The van der Waals surface area contributed by atoms with Gasteiger partial charge in [0.05, 0.1) is 0 Å². The lowest BCUT2D eigenvalue weighted by molar-refractivity contribution is 0.0514. The van der Waals surface area contributed by atoms with Crippen LogP contribution in [-0.2, 0) is 13.3 Å². The first kappa shape index (κ1) is 37.1. The molecule has 2 aliphatic heterocycles. The van der Waals surface area contributed by atoms with Gasteiger partial charge in [0.1, 0.15) is 0 Å². The van der Waals surface area contributed by atoms with Crippen LogP contribution in [0.3, 0.4) is 0 Å². The van der Waals surface area contributed by atoms with Gasteiger partial charge < -0.3 is 13.3 Å². The van der Waals surface area contributed by atoms with Crippen LogP contribution in [0.5, 0.6) is 0 Å². The Hall–Kier alpha value is -4.22. The zero-order valence-electron chi connectivity index (χ0n) is 31.6. The molecule has 0 saturated carbocycles. The standard InChI is InChI=1S/C43H50N2O7Si/c1-6-8-10-12-15-27(16-13-11-9-7-2)45-42(48)34-23-19-30-28-17-21-32-38-33(41(47)44(40(32)46)25-14-26-53(50-3,51-4)52-5)22-18-29(36(28)38)31-20-24-35(43(45)49)39(34)37(30)31/h17-24,27H,6-16,25-26H2,1-5H3. The van der Waals surface area contributed by atoms with Crippen LogP contribution < -0.4 is 0 Å². The lowest BCUT2D eigenvalue weighted by Gasteiger charge is -2.35. The molecule has 7 rings (SSSR count). The van der Waals surface area contributed by atoms with Crippen molar-refractivity contribution in [1.82, 2.24) is 9.80 Å². The van der Waals surface area contributed by atoms with Crippen LogP contribution in [0.15, 0.2) is 48.5 Å². The van der Waals surface area contributed by atoms with Gasteiger partial charge in [-0.3, -0.25) is 29.0 Å². The fourth-order valence-corrected chi connectivity index (χ4v) is 10.6. The zero-order valence-corrected chi connectivity index (χ0v) is 32.6. The number of fused-ring (bicyclic) bond motifs is 2. The van der Waals surface area contributed by atoms with Crippen molar-refractivity contribution >= 4 is 75.5 Å². The van der Waals surface area contributed by atoms with Gasteiger partial charge in [0.15, 0.2) is 0 Å². The highest BCUT2D eigenvalue weighted by atomic mass is 28.4. The Kier molecular flexibility index (Phi) is 10.7. The quantitative estimate of drug-likeness (QED) is 0.0291. The van der Waals surface area contributed by atoms with Crippen LogP contribution in [-0.4, -0.2) is 76.1 Å². The van der Waals surface area contributed by atoms with Crippen molar-refractivity contribution in [3.63, 3.8) is 0 Å². The molecule has 0 unspecified atom stereocenters. The number of hydrogen-bond donors (Lipinski definition) is 0. The van der Waals surface area contributed by atoms with Crippen molar-refractivity contribution in [2.45, 2.75) is 96.6 Å². The third kappa shape index (κ3) is 6.13. The highest BCUT2D eigenvalue weighted by molar-refractivity contribution is 6.60. The predicted octanol–water partition coefficient (Wildman–Crippen LogP) is 9.51. The molecule has 4 amide bonds. The number of benzene rings is 5. The van der Waals surface area contributed by atoms with E-state index in [0.717, 1.165) is 96.5 Å². The summed E-state index contributed by atoms with van der Waals surface area (Å²) in [6.07, 6.45) is 10.9. The number of amides is 4. The first-order valence-electron chi connectivity index (χ1n) is 19.3. The second-order valence-corrected chi connectivity index (χ2v) is 17.7. The van der Waals surface area contributed by atoms with Crippen LogP contribution >= 0.6 is 0 Å². The van der Waals surface area contributed by atoms with Gasteiger partial charge in [-0.05, 0) is 75.8 Å². The molecule has 0 fully saturated rings. The minimum Gasteiger partial charge on any atom is -0.377 e. The van der Waals surface area contributed by atoms with Gasteiger partial charge in [0, 0.05) is 73.0 Å². The molecule has 0 aromatic heterocycles. The number of imide groups is 2. The van der Waals surface area contributed by atoms with E-state index in [1.165, 1.54) is 4.90 Å². The number of hydrogen-bond acceptors (Lipinski definition) is 7. The molecular formula is C43H50N2O7Si. The van der Waals surface area contributed by atoms with Gasteiger partial charge in [0.25, 0.3) is 23.6 Å². The van der Waals surface area contributed by atoms with Gasteiger partial charge in [-0.15, -0.1) is 0 Å². The molecule has 0 N–H and O–H groups in total. The van der Waals surface area contributed by atoms with Crippen molar-refractivity contribution in [3.8, 4) is 0 Å². The zero-order chi connectivity index (χ0) is 37.4. The second kappa shape index (κ2) is 15.3. The number of unbranched alkanes of at least 4 members (excludes halogenated alkanes) is 6. The summed E-state index contributed by atoms with van der Waals surface area (Å²) in [5, 5.41) is 6.61. The second-order valence-electron chi connectivity index (χ2n) is 14.6. The average molecular weight is 735 g/mol. The van der Waals surface area contributed by atoms with Crippen LogP contribution in [0.25, 0.3) is 43.1 Å². The lowest BCUT2D eigenvalue weighted by Crippen LogP contribution is -2.47. The van der Waals surface area contributed by atoms with Crippen molar-refractivity contribution in [2.24, 2.45) is 0 Å². The Balaban J connectivity index is 1.29. The number of nitrogens with zero attached hydrogens (tertiary/aromatic N) is 2. The van der Waals surface area contributed by atoms with E-state index in [0.29, 0.717) is 45.5 Å². The van der Waals surface area contributed by atoms with E-state index in [9.17, 15) is 19.2 Å². The van der Waals surface area contributed by atoms with Crippen LogP contribution in [0, 0.1) is 0 Å².